The van der Waals surface area contributed by atoms with Crippen molar-refractivity contribution in [2.24, 2.45) is 12.8 Å². The van der Waals surface area contributed by atoms with Gasteiger partial charge in [-0.3, -0.25) is 19.1 Å². The first-order valence-electron chi connectivity index (χ1n) is 10.5. The molecule has 0 spiro atoms. The van der Waals surface area contributed by atoms with Crippen molar-refractivity contribution in [3.63, 3.8) is 0 Å². The smallest absolute Gasteiger partial charge is 0.277 e. The Morgan fingerprint density at radius 1 is 1.18 bits per heavy atom. The molecule has 3 heterocycles. The van der Waals surface area contributed by atoms with Gasteiger partial charge >= 0.3 is 0 Å². The van der Waals surface area contributed by atoms with E-state index >= 15 is 0 Å². The first-order chi connectivity index (χ1) is 15.8. The van der Waals surface area contributed by atoms with Crippen molar-refractivity contribution < 1.29 is 14.3 Å². The van der Waals surface area contributed by atoms with E-state index in [9.17, 15) is 14.4 Å². The number of nitrogens with zero attached hydrogens (tertiary/aromatic N) is 3. The molecule has 0 fully saturated rings. The number of aryl methyl sites for hydroxylation is 2. The average molecular weight is 466 g/mol. The number of thiophene rings is 1. The summed E-state index contributed by atoms with van der Waals surface area (Å²) in [6.45, 7) is 4.28. The Kier molecular flexibility index (Phi) is 6.10. The fourth-order valence-electron chi connectivity index (χ4n) is 3.65. The van der Waals surface area contributed by atoms with Crippen LogP contribution in [0.3, 0.4) is 0 Å². The van der Waals surface area contributed by atoms with Gasteiger partial charge in [0, 0.05) is 12.6 Å². The van der Waals surface area contributed by atoms with Crippen LogP contribution in [0.5, 0.6) is 5.75 Å². The summed E-state index contributed by atoms with van der Waals surface area (Å²) in [6.07, 6.45) is 1.54. The minimum atomic E-state index is -0.583. The highest BCUT2D eigenvalue weighted by molar-refractivity contribution is 7.16. The van der Waals surface area contributed by atoms with Gasteiger partial charge in [0.25, 0.3) is 11.5 Å². The molecule has 9 nitrogen and oxygen atoms in total. The van der Waals surface area contributed by atoms with Gasteiger partial charge in [-0.25, -0.2) is 4.98 Å². The van der Waals surface area contributed by atoms with Crippen molar-refractivity contribution in [1.29, 1.82) is 0 Å². The number of nitrogens with one attached hydrogen (secondary N) is 1. The maximum atomic E-state index is 13.1. The zero-order chi connectivity index (χ0) is 23.7. The minimum absolute atomic E-state index is 0.270. The van der Waals surface area contributed by atoms with Gasteiger partial charge in [-0.1, -0.05) is 13.3 Å². The Morgan fingerprint density at radius 2 is 1.94 bits per heavy atom. The normalized spacial score (nSPS) is 11.1. The molecule has 0 saturated heterocycles. The molecule has 4 rings (SSSR count). The molecule has 1 amide bonds. The van der Waals surface area contributed by atoms with E-state index in [2.05, 4.69) is 10.1 Å². The molecule has 0 bridgehead atoms. The molecule has 0 radical (unpaired) electrons. The largest absolute Gasteiger partial charge is 0.493 e. The van der Waals surface area contributed by atoms with Crippen molar-refractivity contribution in [3.05, 3.63) is 61.7 Å². The fraction of sp³-hybridized carbons (Fsp3) is 0.261. The van der Waals surface area contributed by atoms with Gasteiger partial charge in [0.1, 0.15) is 17.1 Å². The second-order valence-electron chi connectivity index (χ2n) is 7.43. The molecule has 0 aliphatic rings. The van der Waals surface area contributed by atoms with E-state index in [0.717, 1.165) is 23.5 Å². The first kappa shape index (κ1) is 22.4. The van der Waals surface area contributed by atoms with Crippen LogP contribution in [0.15, 0.2) is 35.1 Å². The number of hydrogen-bond acceptors (Lipinski definition) is 7. The molecule has 0 aliphatic heterocycles. The van der Waals surface area contributed by atoms with Crippen molar-refractivity contribution in [3.8, 4) is 17.1 Å². The van der Waals surface area contributed by atoms with Crippen molar-refractivity contribution in [1.82, 2.24) is 19.7 Å². The number of carbonyl (C=O) groups is 2. The number of aromatic amines is 1. The predicted molar refractivity (Wildman–Crippen MR) is 126 cm³/mol. The van der Waals surface area contributed by atoms with E-state index in [1.54, 1.807) is 31.3 Å². The molecule has 0 saturated carbocycles. The number of hydrogen-bond donors (Lipinski definition) is 2. The number of rotatable bonds is 8. The number of ketones is 1. The van der Waals surface area contributed by atoms with E-state index in [1.807, 2.05) is 13.8 Å². The number of ether oxygens (including phenoxy) is 1. The molecule has 1 aromatic carbocycles. The SMILES string of the molecule is CCCc1nn(C)c2c(=O)[nH]c(-c3cc(C(=O)c4ccc(C(N)=O)s4)ccc3OCC)nc12. The van der Waals surface area contributed by atoms with E-state index in [1.165, 1.54) is 10.7 Å². The monoisotopic (exact) mass is 465 g/mol. The zero-order valence-electron chi connectivity index (χ0n) is 18.5. The molecule has 170 valence electrons. The fourth-order valence-corrected chi connectivity index (χ4v) is 4.47. The lowest BCUT2D eigenvalue weighted by Gasteiger charge is -2.11. The molecule has 10 heteroatoms. The van der Waals surface area contributed by atoms with Gasteiger partial charge in [0.05, 0.1) is 27.6 Å². The van der Waals surface area contributed by atoms with Gasteiger partial charge in [-0.05, 0) is 43.7 Å². The number of amides is 1. The maximum absolute atomic E-state index is 13.1. The number of H-pyrrole nitrogens is 1. The highest BCUT2D eigenvalue weighted by Crippen LogP contribution is 2.31. The highest BCUT2D eigenvalue weighted by Gasteiger charge is 2.20. The van der Waals surface area contributed by atoms with Crippen LogP contribution in [0.1, 0.15) is 50.9 Å². The summed E-state index contributed by atoms with van der Waals surface area (Å²) in [5.41, 5.74) is 7.50. The van der Waals surface area contributed by atoms with E-state index in [4.69, 9.17) is 15.5 Å². The summed E-state index contributed by atoms with van der Waals surface area (Å²) < 4.78 is 7.28. The third kappa shape index (κ3) is 4.17. The molecule has 33 heavy (non-hydrogen) atoms. The molecule has 3 aromatic heterocycles. The van der Waals surface area contributed by atoms with Crippen LogP contribution in [0.2, 0.25) is 0 Å². The number of carbonyl (C=O) groups excluding carboxylic acids is 2. The van der Waals surface area contributed by atoms with Crippen LogP contribution in [0.25, 0.3) is 22.4 Å². The summed E-state index contributed by atoms with van der Waals surface area (Å²) >= 11 is 1.03. The summed E-state index contributed by atoms with van der Waals surface area (Å²) in [6, 6.07) is 8.05. The molecule has 0 atom stereocenters. The highest BCUT2D eigenvalue weighted by atomic mass is 32.1. The minimum Gasteiger partial charge on any atom is -0.493 e. The number of primary amides is 1. The van der Waals surface area contributed by atoms with Crippen molar-refractivity contribution in [2.75, 3.05) is 6.61 Å². The topological polar surface area (TPSA) is 133 Å². The zero-order valence-corrected chi connectivity index (χ0v) is 19.3. The van der Waals surface area contributed by atoms with Gasteiger partial charge < -0.3 is 15.5 Å². The quantitative estimate of drug-likeness (QED) is 0.384. The molecule has 3 N–H and O–H groups in total. The Labute approximate surface area is 193 Å². The Morgan fingerprint density at radius 3 is 2.61 bits per heavy atom. The lowest BCUT2D eigenvalue weighted by molar-refractivity contribution is 0.100. The number of benzene rings is 1. The van der Waals surface area contributed by atoms with Crippen LogP contribution in [-0.2, 0) is 13.5 Å². The second-order valence-corrected chi connectivity index (χ2v) is 8.52. The van der Waals surface area contributed by atoms with E-state index < -0.39 is 5.91 Å². The van der Waals surface area contributed by atoms with Crippen molar-refractivity contribution >= 4 is 34.1 Å². The molecular formula is C23H23N5O4S. The third-order valence-electron chi connectivity index (χ3n) is 5.12. The summed E-state index contributed by atoms with van der Waals surface area (Å²) in [5.74, 6) is -0.0735. The van der Waals surface area contributed by atoms with Crippen LogP contribution >= 0.6 is 11.3 Å². The van der Waals surface area contributed by atoms with Crippen LogP contribution in [0.4, 0.5) is 0 Å². The maximum Gasteiger partial charge on any atom is 0.277 e. The summed E-state index contributed by atoms with van der Waals surface area (Å²) in [7, 11) is 1.71. The lowest BCUT2D eigenvalue weighted by Crippen LogP contribution is -2.13. The number of aromatic nitrogens is 4. The summed E-state index contributed by atoms with van der Waals surface area (Å²) in [4.78, 5) is 45.5. The molecular weight excluding hydrogens is 442 g/mol. The standard InChI is InChI=1S/C23H23N5O4S/c1-4-6-14-18-19(28(3)27-14)23(31)26-22(25-18)13-11-12(7-8-15(13)32-5-2)20(29)16-9-10-17(33-16)21(24)30/h7-11H,4-6H2,1-3H3,(H2,24,30)(H,25,26,31). The Balaban J connectivity index is 1.86. The Hall–Kier alpha value is -3.79. The third-order valence-corrected chi connectivity index (χ3v) is 6.22. The van der Waals surface area contributed by atoms with Gasteiger partial charge in [0.2, 0.25) is 5.78 Å². The van der Waals surface area contributed by atoms with Crippen LogP contribution < -0.4 is 16.0 Å². The van der Waals surface area contributed by atoms with E-state index in [-0.39, 0.29) is 11.3 Å². The Bertz CT molecular complexity index is 1430. The summed E-state index contributed by atoms with van der Waals surface area (Å²) in [5, 5.41) is 4.45. The predicted octanol–water partition coefficient (Wildman–Crippen LogP) is 3.07. The van der Waals surface area contributed by atoms with E-state index in [0.29, 0.717) is 56.5 Å². The average Bonchev–Trinajstić information content (AvgIpc) is 3.40. The molecule has 4 aromatic rings. The first-order valence-corrected chi connectivity index (χ1v) is 11.3. The lowest BCUT2D eigenvalue weighted by atomic mass is 10.0. The van der Waals surface area contributed by atoms with Gasteiger partial charge in [-0.15, -0.1) is 11.3 Å². The van der Waals surface area contributed by atoms with Crippen molar-refractivity contribution in [2.45, 2.75) is 26.7 Å². The van der Waals surface area contributed by atoms with Crippen LogP contribution in [-0.4, -0.2) is 38.0 Å². The van der Waals surface area contributed by atoms with Gasteiger partial charge in [0.15, 0.2) is 5.52 Å². The van der Waals surface area contributed by atoms with Crippen LogP contribution in [0, 0.1) is 0 Å². The molecule has 0 unspecified atom stereocenters. The number of nitrogens with two attached hydrogens (primary N) is 1. The van der Waals surface area contributed by atoms with Gasteiger partial charge in [-0.2, -0.15) is 5.10 Å². The molecule has 0 aliphatic carbocycles. The second kappa shape index (κ2) is 8.99. The number of fused-ring (bicyclic) bond motifs is 1.